The van der Waals surface area contributed by atoms with Crippen LogP contribution >= 0.6 is 24.8 Å². The second-order valence-corrected chi connectivity index (χ2v) is 5.89. The van der Waals surface area contributed by atoms with E-state index in [4.69, 9.17) is 4.74 Å². The molecule has 2 fully saturated rings. The van der Waals surface area contributed by atoms with Crippen molar-refractivity contribution in [2.24, 2.45) is 11.8 Å². The van der Waals surface area contributed by atoms with E-state index in [1.54, 1.807) is 0 Å². The molecule has 2 unspecified atom stereocenters. The van der Waals surface area contributed by atoms with E-state index in [1.807, 2.05) is 0 Å². The molecule has 5 nitrogen and oxygen atoms in total. The summed E-state index contributed by atoms with van der Waals surface area (Å²) in [6.45, 7) is 10.6. The SMILES string of the molecule is CC(C)C(CNC(=O)C1CCNC1)N1CCOCC1.Cl.Cl. The lowest BCUT2D eigenvalue weighted by atomic mass is 10.0. The van der Waals surface area contributed by atoms with Gasteiger partial charge in [-0.1, -0.05) is 13.8 Å². The summed E-state index contributed by atoms with van der Waals surface area (Å²) in [6.07, 6.45) is 0.968. The van der Waals surface area contributed by atoms with Gasteiger partial charge in [-0.3, -0.25) is 9.69 Å². The Kier molecular flexibility index (Phi) is 10.6. The first-order chi connectivity index (χ1) is 9.18. The van der Waals surface area contributed by atoms with E-state index in [1.165, 1.54) is 0 Å². The Morgan fingerprint density at radius 2 is 2.00 bits per heavy atom. The van der Waals surface area contributed by atoms with Crippen molar-refractivity contribution in [2.45, 2.75) is 26.3 Å². The summed E-state index contributed by atoms with van der Waals surface area (Å²) in [4.78, 5) is 14.5. The predicted octanol–water partition coefficient (Wildman–Crippen LogP) is 0.912. The molecular formula is C14H29Cl2N3O2. The minimum atomic E-state index is 0. The summed E-state index contributed by atoms with van der Waals surface area (Å²) in [5.41, 5.74) is 0. The van der Waals surface area contributed by atoms with E-state index < -0.39 is 0 Å². The summed E-state index contributed by atoms with van der Waals surface area (Å²) >= 11 is 0. The predicted molar refractivity (Wildman–Crippen MR) is 89.5 cm³/mol. The molecule has 0 aromatic carbocycles. The lowest BCUT2D eigenvalue weighted by Crippen LogP contribution is -2.51. The molecular weight excluding hydrogens is 313 g/mol. The Morgan fingerprint density at radius 3 is 2.52 bits per heavy atom. The number of nitrogens with one attached hydrogen (secondary N) is 2. The number of carbonyl (C=O) groups is 1. The van der Waals surface area contributed by atoms with Gasteiger partial charge >= 0.3 is 0 Å². The Labute approximate surface area is 140 Å². The van der Waals surface area contributed by atoms with Gasteiger partial charge in [-0.05, 0) is 18.9 Å². The maximum Gasteiger partial charge on any atom is 0.224 e. The molecule has 2 aliphatic heterocycles. The monoisotopic (exact) mass is 341 g/mol. The topological polar surface area (TPSA) is 53.6 Å². The highest BCUT2D eigenvalue weighted by Crippen LogP contribution is 2.13. The molecule has 2 heterocycles. The van der Waals surface area contributed by atoms with Gasteiger partial charge in [-0.25, -0.2) is 0 Å². The lowest BCUT2D eigenvalue weighted by Gasteiger charge is -2.37. The Bertz CT molecular complexity index is 294. The number of hydrogen-bond acceptors (Lipinski definition) is 4. The van der Waals surface area contributed by atoms with E-state index in [-0.39, 0.29) is 36.6 Å². The molecule has 0 saturated carbocycles. The molecule has 0 aromatic rings. The number of halogens is 2. The lowest BCUT2D eigenvalue weighted by molar-refractivity contribution is -0.124. The number of ether oxygens (including phenoxy) is 1. The molecule has 0 radical (unpaired) electrons. The molecule has 2 N–H and O–H groups in total. The van der Waals surface area contributed by atoms with Gasteiger partial charge in [-0.2, -0.15) is 0 Å². The van der Waals surface area contributed by atoms with Crippen molar-refractivity contribution in [3.8, 4) is 0 Å². The van der Waals surface area contributed by atoms with E-state index in [0.29, 0.717) is 12.0 Å². The first-order valence-corrected chi connectivity index (χ1v) is 7.48. The van der Waals surface area contributed by atoms with Crippen molar-refractivity contribution >= 4 is 30.7 Å². The maximum atomic E-state index is 12.1. The standard InChI is InChI=1S/C14H27N3O2.2ClH/c1-11(2)13(17-5-7-19-8-6-17)10-16-14(18)12-3-4-15-9-12;;/h11-13,15H,3-10H2,1-2H3,(H,16,18);2*1H. The zero-order chi connectivity index (χ0) is 13.7. The van der Waals surface area contributed by atoms with Gasteiger partial charge in [-0.15, -0.1) is 24.8 Å². The van der Waals surface area contributed by atoms with Crippen molar-refractivity contribution in [1.29, 1.82) is 0 Å². The minimum absolute atomic E-state index is 0. The van der Waals surface area contributed by atoms with Gasteiger partial charge in [0.25, 0.3) is 0 Å². The fraction of sp³-hybridized carbons (Fsp3) is 0.929. The van der Waals surface area contributed by atoms with Crippen LogP contribution in [0.15, 0.2) is 0 Å². The van der Waals surface area contributed by atoms with E-state index in [2.05, 4.69) is 29.4 Å². The molecule has 7 heteroatoms. The number of rotatable bonds is 5. The normalized spacial score (nSPS) is 24.0. The summed E-state index contributed by atoms with van der Waals surface area (Å²) < 4.78 is 5.40. The number of amides is 1. The van der Waals surface area contributed by atoms with Gasteiger partial charge in [0, 0.05) is 32.2 Å². The highest BCUT2D eigenvalue weighted by Gasteiger charge is 2.26. The third kappa shape index (κ3) is 6.28. The highest BCUT2D eigenvalue weighted by molar-refractivity contribution is 5.85. The van der Waals surface area contributed by atoms with Crippen LogP contribution in [0.1, 0.15) is 20.3 Å². The van der Waals surface area contributed by atoms with Crippen LogP contribution in [0.3, 0.4) is 0 Å². The third-order valence-corrected chi connectivity index (χ3v) is 4.20. The van der Waals surface area contributed by atoms with Crippen molar-refractivity contribution < 1.29 is 9.53 Å². The van der Waals surface area contributed by atoms with Gasteiger partial charge in [0.15, 0.2) is 0 Å². The van der Waals surface area contributed by atoms with Crippen molar-refractivity contribution in [3.05, 3.63) is 0 Å². The van der Waals surface area contributed by atoms with Crippen LogP contribution in [-0.2, 0) is 9.53 Å². The van der Waals surface area contributed by atoms with Crippen molar-refractivity contribution in [3.63, 3.8) is 0 Å². The highest BCUT2D eigenvalue weighted by atomic mass is 35.5. The second-order valence-electron chi connectivity index (χ2n) is 5.89. The first-order valence-electron chi connectivity index (χ1n) is 7.48. The van der Waals surface area contributed by atoms with Crippen LogP contribution < -0.4 is 10.6 Å². The van der Waals surface area contributed by atoms with Crippen LogP contribution in [0.4, 0.5) is 0 Å². The molecule has 0 bridgehead atoms. The minimum Gasteiger partial charge on any atom is -0.379 e. The summed E-state index contributed by atoms with van der Waals surface area (Å²) in [7, 11) is 0. The van der Waals surface area contributed by atoms with E-state index in [9.17, 15) is 4.79 Å². The maximum absolute atomic E-state index is 12.1. The molecule has 2 aliphatic rings. The average molecular weight is 342 g/mol. The quantitative estimate of drug-likeness (QED) is 0.780. The number of morpholine rings is 1. The molecule has 2 rings (SSSR count). The second kappa shape index (κ2) is 10.6. The van der Waals surface area contributed by atoms with Crippen LogP contribution in [0.2, 0.25) is 0 Å². The summed E-state index contributed by atoms with van der Waals surface area (Å²) in [5.74, 6) is 0.918. The largest absolute Gasteiger partial charge is 0.379 e. The Hall–Kier alpha value is -0.0700. The smallest absolute Gasteiger partial charge is 0.224 e. The summed E-state index contributed by atoms with van der Waals surface area (Å²) in [6, 6.07) is 0.419. The molecule has 0 aromatic heterocycles. The average Bonchev–Trinajstić information content (AvgIpc) is 2.93. The molecule has 2 atom stereocenters. The van der Waals surface area contributed by atoms with Crippen LogP contribution in [0, 0.1) is 11.8 Å². The molecule has 126 valence electrons. The number of carbonyl (C=O) groups excluding carboxylic acids is 1. The number of hydrogen-bond donors (Lipinski definition) is 2. The van der Waals surface area contributed by atoms with Gasteiger partial charge in [0.1, 0.15) is 0 Å². The van der Waals surface area contributed by atoms with Crippen LogP contribution in [0.5, 0.6) is 0 Å². The fourth-order valence-corrected chi connectivity index (χ4v) is 2.92. The zero-order valence-electron chi connectivity index (χ0n) is 13.0. The molecule has 2 saturated heterocycles. The third-order valence-electron chi connectivity index (χ3n) is 4.20. The van der Waals surface area contributed by atoms with Crippen LogP contribution in [-0.4, -0.2) is 62.8 Å². The van der Waals surface area contributed by atoms with Crippen molar-refractivity contribution in [1.82, 2.24) is 15.5 Å². The van der Waals surface area contributed by atoms with Gasteiger partial charge in [0.2, 0.25) is 5.91 Å². The van der Waals surface area contributed by atoms with Crippen molar-refractivity contribution in [2.75, 3.05) is 45.9 Å². The Morgan fingerprint density at radius 1 is 1.33 bits per heavy atom. The van der Waals surface area contributed by atoms with Gasteiger partial charge < -0.3 is 15.4 Å². The first kappa shape index (κ1) is 20.9. The van der Waals surface area contributed by atoms with Gasteiger partial charge in [0.05, 0.1) is 19.1 Å². The van der Waals surface area contributed by atoms with E-state index >= 15 is 0 Å². The fourth-order valence-electron chi connectivity index (χ4n) is 2.92. The molecule has 1 amide bonds. The Balaban J connectivity index is 0.00000200. The van der Waals surface area contributed by atoms with E-state index in [0.717, 1.165) is 52.4 Å². The number of nitrogens with zero attached hydrogens (tertiary/aromatic N) is 1. The molecule has 21 heavy (non-hydrogen) atoms. The van der Waals surface area contributed by atoms with Crippen LogP contribution in [0.25, 0.3) is 0 Å². The summed E-state index contributed by atoms with van der Waals surface area (Å²) in [5, 5.41) is 6.38. The molecule has 0 spiro atoms. The molecule has 0 aliphatic carbocycles. The zero-order valence-corrected chi connectivity index (χ0v) is 14.6.